The monoisotopic (exact) mass is 394 g/mol. The summed E-state index contributed by atoms with van der Waals surface area (Å²) in [6.07, 6.45) is 5.12. The van der Waals surface area contributed by atoms with Crippen LogP contribution >= 0.6 is 0 Å². The van der Waals surface area contributed by atoms with Crippen molar-refractivity contribution in [1.82, 2.24) is 15.6 Å². The van der Waals surface area contributed by atoms with Gasteiger partial charge in [-0.1, -0.05) is 6.92 Å². The van der Waals surface area contributed by atoms with Crippen LogP contribution in [0.3, 0.4) is 0 Å². The number of hydrogen-bond donors (Lipinski definition) is 3. The molecule has 7 heteroatoms. The van der Waals surface area contributed by atoms with Crippen molar-refractivity contribution >= 4 is 17.6 Å². The molecule has 1 spiro atoms. The van der Waals surface area contributed by atoms with Crippen LogP contribution < -0.4 is 16.0 Å². The lowest BCUT2D eigenvalue weighted by molar-refractivity contribution is -0.139. The van der Waals surface area contributed by atoms with Gasteiger partial charge in [0, 0.05) is 18.0 Å². The first-order valence-corrected chi connectivity index (χ1v) is 10.3. The molecule has 2 bridgehead atoms. The number of nitrogens with zero attached hydrogens (tertiary/aromatic N) is 1. The third-order valence-electron chi connectivity index (χ3n) is 7.08. The molecule has 2 aromatic heterocycles. The van der Waals surface area contributed by atoms with Gasteiger partial charge in [-0.15, -0.1) is 0 Å². The second-order valence-electron chi connectivity index (χ2n) is 9.03. The Labute approximate surface area is 169 Å². The van der Waals surface area contributed by atoms with Crippen LogP contribution in [0.2, 0.25) is 0 Å². The molecule has 3 fully saturated rings. The van der Waals surface area contributed by atoms with Crippen molar-refractivity contribution in [1.29, 1.82) is 0 Å². The summed E-state index contributed by atoms with van der Waals surface area (Å²) >= 11 is 0. The highest BCUT2D eigenvalue weighted by Crippen LogP contribution is 2.58. The van der Waals surface area contributed by atoms with Gasteiger partial charge in [0.2, 0.25) is 5.91 Å². The molecule has 1 aliphatic heterocycles. The Hall–Kier alpha value is -2.83. The number of pyridine rings is 1. The SMILES string of the molecule is Cc1ccc(CNC(=O)[C@H]2C[C@H]3CC[C@@]2(C)C[C@@]32NC(=O)c3cccnc3N2)o1. The van der Waals surface area contributed by atoms with Crippen molar-refractivity contribution in [2.75, 3.05) is 5.32 Å². The Balaban J connectivity index is 1.35. The predicted octanol–water partition coefficient (Wildman–Crippen LogP) is 2.98. The van der Waals surface area contributed by atoms with Gasteiger partial charge in [0.25, 0.3) is 5.91 Å². The van der Waals surface area contributed by atoms with E-state index in [1.54, 1.807) is 18.3 Å². The van der Waals surface area contributed by atoms with Gasteiger partial charge >= 0.3 is 0 Å². The van der Waals surface area contributed by atoms with E-state index in [0.29, 0.717) is 24.3 Å². The van der Waals surface area contributed by atoms with Gasteiger partial charge in [-0.2, -0.15) is 0 Å². The van der Waals surface area contributed by atoms with Gasteiger partial charge in [-0.3, -0.25) is 9.59 Å². The van der Waals surface area contributed by atoms with Crippen LogP contribution in [0, 0.1) is 24.2 Å². The van der Waals surface area contributed by atoms with Crippen LogP contribution in [0.5, 0.6) is 0 Å². The average Bonchev–Trinajstić information content (AvgIpc) is 3.11. The van der Waals surface area contributed by atoms with Crippen molar-refractivity contribution in [2.45, 2.75) is 51.7 Å². The summed E-state index contributed by atoms with van der Waals surface area (Å²) in [5.74, 6) is 2.34. The molecule has 29 heavy (non-hydrogen) atoms. The fourth-order valence-electron chi connectivity index (χ4n) is 5.60. The number of anilines is 1. The first-order chi connectivity index (χ1) is 13.9. The van der Waals surface area contributed by atoms with Crippen molar-refractivity contribution in [3.8, 4) is 0 Å². The number of hydrogen-bond acceptors (Lipinski definition) is 5. The summed E-state index contributed by atoms with van der Waals surface area (Å²) in [5, 5.41) is 9.81. The summed E-state index contributed by atoms with van der Waals surface area (Å²) in [7, 11) is 0. The normalized spacial score (nSPS) is 32.4. The lowest BCUT2D eigenvalue weighted by Crippen LogP contribution is -2.70. The molecule has 3 aliphatic carbocycles. The molecular formula is C22H26N4O3. The van der Waals surface area contributed by atoms with E-state index < -0.39 is 5.66 Å². The maximum atomic E-state index is 13.0. The zero-order valence-corrected chi connectivity index (χ0v) is 16.7. The topological polar surface area (TPSA) is 96.3 Å². The predicted molar refractivity (Wildman–Crippen MR) is 107 cm³/mol. The minimum absolute atomic E-state index is 0.0711. The largest absolute Gasteiger partial charge is 0.465 e. The zero-order chi connectivity index (χ0) is 20.2. The number of aryl methyl sites for hydroxylation is 1. The van der Waals surface area contributed by atoms with Crippen LogP contribution in [-0.2, 0) is 11.3 Å². The highest BCUT2D eigenvalue weighted by atomic mass is 16.3. The van der Waals surface area contributed by atoms with E-state index in [0.717, 1.165) is 30.8 Å². The lowest BCUT2D eigenvalue weighted by Gasteiger charge is -2.60. The molecule has 3 N–H and O–H groups in total. The first-order valence-electron chi connectivity index (χ1n) is 10.3. The Bertz CT molecular complexity index is 986. The van der Waals surface area contributed by atoms with Gasteiger partial charge in [-0.25, -0.2) is 4.98 Å². The maximum absolute atomic E-state index is 13.0. The van der Waals surface area contributed by atoms with Gasteiger partial charge in [-0.05, 0) is 62.3 Å². The molecule has 152 valence electrons. The lowest BCUT2D eigenvalue weighted by atomic mass is 9.51. The molecule has 3 heterocycles. The van der Waals surface area contributed by atoms with Crippen LogP contribution in [0.25, 0.3) is 0 Å². The number of nitrogens with one attached hydrogen (secondary N) is 3. The molecule has 7 nitrogen and oxygen atoms in total. The molecule has 0 radical (unpaired) electrons. The smallest absolute Gasteiger partial charge is 0.256 e. The summed E-state index contributed by atoms with van der Waals surface area (Å²) < 4.78 is 5.56. The molecule has 0 saturated heterocycles. The number of aromatic nitrogens is 1. The number of carbonyl (C=O) groups is 2. The maximum Gasteiger partial charge on any atom is 0.256 e. The summed E-state index contributed by atoms with van der Waals surface area (Å²) in [6, 6.07) is 7.35. The Morgan fingerprint density at radius 3 is 2.97 bits per heavy atom. The first kappa shape index (κ1) is 18.2. The van der Waals surface area contributed by atoms with Gasteiger partial charge in [0.15, 0.2) is 0 Å². The molecule has 4 aliphatic rings. The molecule has 4 atom stereocenters. The quantitative estimate of drug-likeness (QED) is 0.744. The fraction of sp³-hybridized carbons (Fsp3) is 0.500. The summed E-state index contributed by atoms with van der Waals surface area (Å²) in [4.78, 5) is 30.2. The van der Waals surface area contributed by atoms with E-state index in [1.165, 1.54) is 0 Å². The third-order valence-corrected chi connectivity index (χ3v) is 7.08. The second kappa shape index (κ2) is 6.34. The number of furan rings is 1. The van der Waals surface area contributed by atoms with Crippen LogP contribution in [-0.4, -0.2) is 22.5 Å². The molecular weight excluding hydrogens is 368 g/mol. The highest BCUT2D eigenvalue weighted by molar-refractivity contribution is 6.01. The van der Waals surface area contributed by atoms with Crippen LogP contribution in [0.15, 0.2) is 34.9 Å². The second-order valence-corrected chi connectivity index (χ2v) is 9.03. The number of fused-ring (bicyclic) bond motifs is 3. The Kier molecular flexibility index (Phi) is 3.98. The third kappa shape index (κ3) is 2.91. The van der Waals surface area contributed by atoms with E-state index in [-0.39, 0.29) is 29.1 Å². The number of rotatable bonds is 3. The van der Waals surface area contributed by atoms with E-state index in [1.807, 2.05) is 19.1 Å². The van der Waals surface area contributed by atoms with Gasteiger partial charge in [0.1, 0.15) is 23.0 Å². The van der Waals surface area contributed by atoms with E-state index >= 15 is 0 Å². The molecule has 3 saturated carbocycles. The Morgan fingerprint density at radius 1 is 1.34 bits per heavy atom. The van der Waals surface area contributed by atoms with Gasteiger partial charge in [0.05, 0.1) is 12.1 Å². The van der Waals surface area contributed by atoms with E-state index in [2.05, 4.69) is 27.9 Å². The standard InChI is InChI=1S/C22H26N4O3/c1-13-5-6-15(29-13)11-24-20(28)17-10-14-7-8-21(17,2)12-22(14)25-18-16(19(27)26-22)4-3-9-23-18/h3-6,9,14,17H,7-8,10-12H2,1-2H3,(H,23,25)(H,24,28)(H,26,27)/t14-,17-,21+,22-/m1/s1. The zero-order valence-electron chi connectivity index (χ0n) is 16.7. The number of amides is 2. The fourth-order valence-corrected chi connectivity index (χ4v) is 5.60. The summed E-state index contributed by atoms with van der Waals surface area (Å²) in [6.45, 7) is 4.47. The van der Waals surface area contributed by atoms with Crippen molar-refractivity contribution in [3.63, 3.8) is 0 Å². The Morgan fingerprint density at radius 2 is 2.21 bits per heavy atom. The van der Waals surface area contributed by atoms with Crippen molar-refractivity contribution in [3.05, 3.63) is 47.5 Å². The minimum Gasteiger partial charge on any atom is -0.465 e. The summed E-state index contributed by atoms with van der Waals surface area (Å²) in [5.41, 5.74) is -0.141. The molecule has 2 aromatic rings. The van der Waals surface area contributed by atoms with Crippen LogP contribution in [0.1, 0.15) is 54.5 Å². The molecule has 0 unspecified atom stereocenters. The van der Waals surface area contributed by atoms with Crippen molar-refractivity contribution in [2.24, 2.45) is 17.3 Å². The highest BCUT2D eigenvalue weighted by Gasteiger charge is 2.60. The average molecular weight is 394 g/mol. The van der Waals surface area contributed by atoms with Crippen LogP contribution in [0.4, 0.5) is 5.82 Å². The molecule has 0 aromatic carbocycles. The van der Waals surface area contributed by atoms with E-state index in [9.17, 15) is 9.59 Å². The molecule has 6 rings (SSSR count). The van der Waals surface area contributed by atoms with Crippen molar-refractivity contribution < 1.29 is 14.0 Å². The number of carbonyl (C=O) groups excluding carboxylic acids is 2. The van der Waals surface area contributed by atoms with E-state index in [4.69, 9.17) is 4.42 Å². The van der Waals surface area contributed by atoms with Gasteiger partial charge < -0.3 is 20.4 Å². The molecule has 2 amide bonds. The minimum atomic E-state index is -0.527.